The van der Waals surface area contributed by atoms with Gasteiger partial charge in [0.15, 0.2) is 0 Å². The molecule has 1 saturated heterocycles. The van der Waals surface area contributed by atoms with Crippen LogP contribution in [0, 0.1) is 23.6 Å². The van der Waals surface area contributed by atoms with Crippen LogP contribution in [-0.2, 0) is 4.79 Å². The smallest absolute Gasteiger partial charge is 0.222 e. The van der Waals surface area contributed by atoms with E-state index in [4.69, 9.17) is 0 Å². The number of likely N-dealkylation sites (tertiary alicyclic amines) is 1. The van der Waals surface area contributed by atoms with Gasteiger partial charge in [-0.05, 0) is 42.3 Å². The van der Waals surface area contributed by atoms with Gasteiger partial charge < -0.3 is 15.3 Å². The lowest BCUT2D eigenvalue weighted by Gasteiger charge is -2.39. The van der Waals surface area contributed by atoms with Gasteiger partial charge in [-0.1, -0.05) is 30.9 Å². The van der Waals surface area contributed by atoms with Crippen molar-refractivity contribution in [1.29, 1.82) is 0 Å². The van der Waals surface area contributed by atoms with Crippen LogP contribution < -0.4 is 5.32 Å². The van der Waals surface area contributed by atoms with E-state index < -0.39 is 0 Å². The molecule has 28 heavy (non-hydrogen) atoms. The Morgan fingerprint density at radius 3 is 2.86 bits per heavy atom. The number of aliphatic hydroxyl groups is 1. The maximum Gasteiger partial charge on any atom is 0.222 e. The molecule has 2 aliphatic rings. The molecule has 2 aromatic carbocycles. The van der Waals surface area contributed by atoms with Crippen LogP contribution in [0.25, 0.3) is 0 Å². The molecular weight excluding hydrogens is 355 g/mol. The summed E-state index contributed by atoms with van der Waals surface area (Å²) >= 11 is 0. The Balaban J connectivity index is 1.72. The zero-order valence-electron chi connectivity index (χ0n) is 15.8. The molecule has 0 unspecified atom stereocenters. The van der Waals surface area contributed by atoms with Crippen molar-refractivity contribution < 1.29 is 14.3 Å². The summed E-state index contributed by atoms with van der Waals surface area (Å²) in [4.78, 5) is 14.4. The summed E-state index contributed by atoms with van der Waals surface area (Å²) in [7, 11) is 0. The van der Waals surface area contributed by atoms with Gasteiger partial charge in [0, 0.05) is 30.1 Å². The number of anilines is 1. The molecule has 0 spiro atoms. The van der Waals surface area contributed by atoms with Gasteiger partial charge in [0.2, 0.25) is 5.91 Å². The lowest BCUT2D eigenvalue weighted by atomic mass is 9.82. The van der Waals surface area contributed by atoms with Crippen molar-refractivity contribution in [2.45, 2.75) is 31.8 Å². The fraction of sp³-hybridized carbons (Fsp3) is 0.348. The zero-order chi connectivity index (χ0) is 19.7. The van der Waals surface area contributed by atoms with Gasteiger partial charge in [0.05, 0.1) is 24.3 Å². The lowest BCUT2D eigenvalue weighted by molar-refractivity contribution is -0.132. The maximum atomic E-state index is 13.8. The first-order valence-electron chi connectivity index (χ1n) is 9.69. The third-order valence-corrected chi connectivity index (χ3v) is 5.71. The quantitative estimate of drug-likeness (QED) is 0.789. The molecule has 0 aliphatic carbocycles. The number of nitrogens with one attached hydrogen (secondary N) is 1. The molecule has 0 saturated carbocycles. The van der Waals surface area contributed by atoms with Crippen LogP contribution in [0.5, 0.6) is 0 Å². The number of aliphatic hydroxyl groups excluding tert-OH is 1. The minimum Gasteiger partial charge on any atom is -0.394 e. The summed E-state index contributed by atoms with van der Waals surface area (Å²) in [5, 5.41) is 13.2. The molecule has 3 atom stereocenters. The lowest BCUT2D eigenvalue weighted by Crippen LogP contribution is -2.42. The van der Waals surface area contributed by atoms with E-state index in [1.807, 2.05) is 30.0 Å². The first-order chi connectivity index (χ1) is 13.6. The SMILES string of the molecule is CCC(=O)N1CC[C@@H]2[C@@H](CO)Nc3ccc(C#Cc4ccccc4F)cc3[C@@H]21. The molecule has 2 aliphatic heterocycles. The van der Waals surface area contributed by atoms with Gasteiger partial charge in [0.25, 0.3) is 0 Å². The van der Waals surface area contributed by atoms with Gasteiger partial charge in [-0.2, -0.15) is 0 Å². The number of carbonyl (C=O) groups is 1. The number of nitrogens with zero attached hydrogens (tertiary/aromatic N) is 1. The first-order valence-corrected chi connectivity index (χ1v) is 9.69. The molecule has 0 bridgehead atoms. The number of hydrogen-bond acceptors (Lipinski definition) is 3. The van der Waals surface area contributed by atoms with E-state index in [2.05, 4.69) is 17.2 Å². The topological polar surface area (TPSA) is 52.6 Å². The predicted octanol–water partition coefficient (Wildman–Crippen LogP) is 3.31. The average molecular weight is 378 g/mol. The summed E-state index contributed by atoms with van der Waals surface area (Å²) < 4.78 is 13.8. The van der Waals surface area contributed by atoms with Gasteiger partial charge in [0.1, 0.15) is 5.82 Å². The zero-order valence-corrected chi connectivity index (χ0v) is 15.8. The van der Waals surface area contributed by atoms with Crippen LogP contribution in [0.15, 0.2) is 42.5 Å². The van der Waals surface area contributed by atoms with Crippen LogP contribution in [0.2, 0.25) is 0 Å². The van der Waals surface area contributed by atoms with E-state index in [1.165, 1.54) is 6.07 Å². The van der Waals surface area contributed by atoms with Crippen molar-refractivity contribution in [1.82, 2.24) is 4.90 Å². The molecule has 2 N–H and O–H groups in total. The van der Waals surface area contributed by atoms with E-state index in [1.54, 1.807) is 18.2 Å². The number of carbonyl (C=O) groups excluding carboxylic acids is 1. The molecule has 2 heterocycles. The number of benzene rings is 2. The molecule has 5 heteroatoms. The number of halogens is 1. The Bertz CT molecular complexity index is 963. The van der Waals surface area contributed by atoms with Crippen LogP contribution in [-0.4, -0.2) is 35.1 Å². The van der Waals surface area contributed by atoms with Crippen LogP contribution in [0.4, 0.5) is 10.1 Å². The van der Waals surface area contributed by atoms with Crippen molar-refractivity contribution in [2.24, 2.45) is 5.92 Å². The van der Waals surface area contributed by atoms with Gasteiger partial charge in [-0.3, -0.25) is 4.79 Å². The number of hydrogen-bond donors (Lipinski definition) is 2. The standard InChI is InChI=1S/C23H23FN2O2/c1-2-22(28)26-12-11-17-21(14-27)25-20-10-8-15(13-18(20)23(17)26)7-9-16-5-3-4-6-19(16)24/h3-6,8,10,13,17,21,23,25,27H,2,11-12,14H2,1H3/t17-,21-,23-/m1/s1. The maximum absolute atomic E-state index is 13.8. The van der Waals surface area contributed by atoms with Crippen LogP contribution >= 0.6 is 0 Å². The highest BCUT2D eigenvalue weighted by Crippen LogP contribution is 2.46. The fourth-order valence-electron chi connectivity index (χ4n) is 4.33. The summed E-state index contributed by atoms with van der Waals surface area (Å²) in [5.74, 6) is 5.90. The van der Waals surface area contributed by atoms with Gasteiger partial charge in [-0.15, -0.1) is 0 Å². The highest BCUT2D eigenvalue weighted by molar-refractivity contribution is 5.77. The Labute approximate surface area is 164 Å². The van der Waals surface area contributed by atoms with E-state index in [-0.39, 0.29) is 36.3 Å². The third kappa shape index (κ3) is 3.25. The molecular formula is C23H23FN2O2. The van der Waals surface area contributed by atoms with E-state index in [9.17, 15) is 14.3 Å². The average Bonchev–Trinajstić information content (AvgIpc) is 3.17. The number of rotatable bonds is 2. The van der Waals surface area contributed by atoms with Crippen LogP contribution in [0.1, 0.15) is 42.5 Å². The highest BCUT2D eigenvalue weighted by Gasteiger charge is 2.45. The van der Waals surface area contributed by atoms with Crippen molar-refractivity contribution in [3.05, 3.63) is 65.0 Å². The summed E-state index contributed by atoms with van der Waals surface area (Å²) in [6, 6.07) is 12.1. The second kappa shape index (κ2) is 7.65. The second-order valence-corrected chi connectivity index (χ2v) is 7.30. The Morgan fingerprint density at radius 2 is 2.11 bits per heavy atom. The highest BCUT2D eigenvalue weighted by atomic mass is 19.1. The van der Waals surface area contributed by atoms with Crippen molar-refractivity contribution in [2.75, 3.05) is 18.5 Å². The van der Waals surface area contributed by atoms with Crippen molar-refractivity contribution in [3.63, 3.8) is 0 Å². The molecule has 2 aromatic rings. The monoisotopic (exact) mass is 378 g/mol. The fourth-order valence-corrected chi connectivity index (χ4v) is 4.33. The third-order valence-electron chi connectivity index (χ3n) is 5.71. The normalized spacial score (nSPS) is 22.5. The molecule has 1 amide bonds. The second-order valence-electron chi connectivity index (χ2n) is 7.30. The minimum absolute atomic E-state index is 0.0314. The Hall–Kier alpha value is -2.84. The minimum atomic E-state index is -0.337. The van der Waals surface area contributed by atoms with E-state index in [0.717, 1.165) is 23.2 Å². The Morgan fingerprint density at radius 1 is 1.29 bits per heavy atom. The van der Waals surface area contributed by atoms with Gasteiger partial charge in [-0.25, -0.2) is 4.39 Å². The molecule has 0 aromatic heterocycles. The molecule has 144 valence electrons. The van der Waals surface area contributed by atoms with Crippen molar-refractivity contribution in [3.8, 4) is 11.8 Å². The van der Waals surface area contributed by atoms with E-state index >= 15 is 0 Å². The van der Waals surface area contributed by atoms with E-state index in [0.29, 0.717) is 18.5 Å². The molecule has 0 radical (unpaired) electrons. The summed E-state index contributed by atoms with van der Waals surface area (Å²) in [6.07, 6.45) is 1.32. The molecule has 1 fully saturated rings. The molecule has 4 nitrogen and oxygen atoms in total. The number of amides is 1. The summed E-state index contributed by atoms with van der Waals surface area (Å²) in [6.45, 7) is 2.60. The Kier molecular flexibility index (Phi) is 5.06. The largest absolute Gasteiger partial charge is 0.394 e. The first kappa shape index (κ1) is 18.5. The predicted molar refractivity (Wildman–Crippen MR) is 106 cm³/mol. The van der Waals surface area contributed by atoms with Gasteiger partial charge >= 0.3 is 0 Å². The van der Waals surface area contributed by atoms with Crippen molar-refractivity contribution >= 4 is 11.6 Å². The van der Waals surface area contributed by atoms with Crippen LogP contribution in [0.3, 0.4) is 0 Å². The number of fused-ring (bicyclic) bond motifs is 3. The molecule has 4 rings (SSSR count). The summed E-state index contributed by atoms with van der Waals surface area (Å²) in [5.41, 5.74) is 3.09.